The average Bonchev–Trinajstić information content (AvgIpc) is 2.42. The molecule has 0 spiro atoms. The fraction of sp³-hybridized carbons (Fsp3) is 0.471. The number of halogens is 1. The smallest absolute Gasteiger partial charge is 0.244 e. The molecule has 0 radical (unpaired) electrons. The molecule has 0 saturated heterocycles. The van der Waals surface area contributed by atoms with Crippen molar-refractivity contribution in [2.75, 3.05) is 13.7 Å². The van der Waals surface area contributed by atoms with Crippen molar-refractivity contribution in [3.05, 3.63) is 34.9 Å². The van der Waals surface area contributed by atoms with Crippen molar-refractivity contribution < 1.29 is 14.6 Å². The maximum atomic E-state index is 11.9. The lowest BCUT2D eigenvalue weighted by Gasteiger charge is -2.26. The summed E-state index contributed by atoms with van der Waals surface area (Å²) in [6, 6.07) is 5.23. The third kappa shape index (κ3) is 6.50. The molecule has 0 heterocycles. The van der Waals surface area contributed by atoms with Crippen LogP contribution in [0, 0.1) is 5.41 Å². The van der Waals surface area contributed by atoms with Crippen molar-refractivity contribution >= 4 is 23.6 Å². The molecular formula is C17H24ClNO3. The Morgan fingerprint density at radius 1 is 1.50 bits per heavy atom. The van der Waals surface area contributed by atoms with Gasteiger partial charge in [0.05, 0.1) is 13.2 Å². The van der Waals surface area contributed by atoms with Crippen LogP contribution in [0.5, 0.6) is 5.75 Å². The second-order valence-corrected chi connectivity index (χ2v) is 6.59. The Balaban J connectivity index is 2.63. The summed E-state index contributed by atoms with van der Waals surface area (Å²) in [4.78, 5) is 11.9. The van der Waals surface area contributed by atoms with Gasteiger partial charge in [0.2, 0.25) is 5.91 Å². The highest BCUT2D eigenvalue weighted by molar-refractivity contribution is 6.30. The number of amides is 1. The topological polar surface area (TPSA) is 58.6 Å². The van der Waals surface area contributed by atoms with Gasteiger partial charge in [-0.2, -0.15) is 0 Å². The number of benzene rings is 1. The van der Waals surface area contributed by atoms with Gasteiger partial charge in [0, 0.05) is 23.2 Å². The van der Waals surface area contributed by atoms with E-state index in [1.165, 1.54) is 6.08 Å². The highest BCUT2D eigenvalue weighted by Crippen LogP contribution is 2.24. The maximum Gasteiger partial charge on any atom is 0.244 e. The predicted octanol–water partition coefficient (Wildman–Crippen LogP) is 3.28. The predicted molar refractivity (Wildman–Crippen MR) is 90.1 cm³/mol. The van der Waals surface area contributed by atoms with Gasteiger partial charge in [-0.05, 0) is 43.0 Å². The molecular weight excluding hydrogens is 302 g/mol. The van der Waals surface area contributed by atoms with Gasteiger partial charge < -0.3 is 15.2 Å². The first-order valence-electron chi connectivity index (χ1n) is 7.21. The SMILES string of the molecule is COc1ccc(Cl)cc1C=CC(=O)NCC(C)(C)CC(C)O. The normalized spacial score (nSPS) is 13.2. The number of rotatable bonds is 7. The van der Waals surface area contributed by atoms with Gasteiger partial charge >= 0.3 is 0 Å². The van der Waals surface area contributed by atoms with E-state index in [0.29, 0.717) is 23.7 Å². The zero-order valence-corrected chi connectivity index (χ0v) is 14.3. The van der Waals surface area contributed by atoms with Gasteiger partial charge in [-0.25, -0.2) is 0 Å². The summed E-state index contributed by atoms with van der Waals surface area (Å²) in [5.41, 5.74) is 0.583. The number of hydrogen-bond donors (Lipinski definition) is 2. The van der Waals surface area contributed by atoms with Crippen LogP contribution >= 0.6 is 11.6 Å². The standard InChI is InChI=1S/C17H24ClNO3/c1-12(20)10-17(2,3)11-19-16(21)8-5-13-9-14(18)6-7-15(13)22-4/h5-9,12,20H,10-11H2,1-4H3,(H,19,21). The van der Waals surface area contributed by atoms with Crippen molar-refractivity contribution in [3.8, 4) is 5.75 Å². The molecule has 1 aromatic carbocycles. The number of carbonyl (C=O) groups excluding carboxylic acids is 1. The fourth-order valence-electron chi connectivity index (χ4n) is 2.26. The molecule has 0 aromatic heterocycles. The van der Waals surface area contributed by atoms with Gasteiger partial charge in [-0.3, -0.25) is 4.79 Å². The van der Waals surface area contributed by atoms with Crippen molar-refractivity contribution in [1.29, 1.82) is 0 Å². The summed E-state index contributed by atoms with van der Waals surface area (Å²) < 4.78 is 5.22. The molecule has 0 bridgehead atoms. The lowest BCUT2D eigenvalue weighted by molar-refractivity contribution is -0.117. The van der Waals surface area contributed by atoms with E-state index in [2.05, 4.69) is 5.32 Å². The fourth-order valence-corrected chi connectivity index (χ4v) is 2.44. The van der Waals surface area contributed by atoms with Crippen LogP contribution in [-0.4, -0.2) is 30.8 Å². The van der Waals surface area contributed by atoms with E-state index in [-0.39, 0.29) is 11.3 Å². The Bertz CT molecular complexity index is 539. The summed E-state index contributed by atoms with van der Waals surface area (Å²) in [7, 11) is 1.57. The molecule has 0 fully saturated rings. The van der Waals surface area contributed by atoms with Gasteiger partial charge in [0.15, 0.2) is 0 Å². The van der Waals surface area contributed by atoms with E-state index >= 15 is 0 Å². The number of aliphatic hydroxyl groups excluding tert-OH is 1. The Morgan fingerprint density at radius 3 is 2.77 bits per heavy atom. The summed E-state index contributed by atoms with van der Waals surface area (Å²) in [5.74, 6) is 0.462. The molecule has 0 aliphatic carbocycles. The van der Waals surface area contributed by atoms with Crippen LogP contribution in [-0.2, 0) is 4.79 Å². The Hall–Kier alpha value is -1.52. The number of carbonyl (C=O) groups is 1. The Kier molecular flexibility index (Phi) is 6.91. The molecule has 0 saturated carbocycles. The van der Waals surface area contributed by atoms with Crippen LogP contribution < -0.4 is 10.1 Å². The van der Waals surface area contributed by atoms with Gasteiger partial charge in [0.25, 0.3) is 0 Å². The Labute approximate surface area is 137 Å². The number of methoxy groups -OCH3 is 1. The molecule has 1 unspecified atom stereocenters. The molecule has 1 atom stereocenters. The third-order valence-electron chi connectivity index (χ3n) is 3.20. The second-order valence-electron chi connectivity index (χ2n) is 6.15. The zero-order chi connectivity index (χ0) is 16.8. The third-order valence-corrected chi connectivity index (χ3v) is 3.43. The number of nitrogens with one attached hydrogen (secondary N) is 1. The minimum Gasteiger partial charge on any atom is -0.496 e. The second kappa shape index (κ2) is 8.20. The number of ether oxygens (including phenoxy) is 1. The molecule has 22 heavy (non-hydrogen) atoms. The summed E-state index contributed by atoms with van der Waals surface area (Å²) >= 11 is 5.94. The van der Waals surface area contributed by atoms with Crippen LogP contribution in [0.1, 0.15) is 32.8 Å². The molecule has 4 nitrogen and oxygen atoms in total. The van der Waals surface area contributed by atoms with E-state index in [9.17, 15) is 9.90 Å². The molecule has 5 heteroatoms. The molecule has 2 N–H and O–H groups in total. The van der Waals surface area contributed by atoms with Crippen LogP contribution in [0.3, 0.4) is 0 Å². The quantitative estimate of drug-likeness (QED) is 0.756. The van der Waals surface area contributed by atoms with E-state index in [1.54, 1.807) is 38.3 Å². The summed E-state index contributed by atoms with van der Waals surface area (Å²) in [6.45, 7) is 6.25. The van der Waals surface area contributed by atoms with E-state index in [0.717, 1.165) is 5.56 Å². The van der Waals surface area contributed by atoms with E-state index in [1.807, 2.05) is 13.8 Å². The highest BCUT2D eigenvalue weighted by atomic mass is 35.5. The molecule has 1 rings (SSSR count). The minimum atomic E-state index is -0.391. The number of hydrogen-bond acceptors (Lipinski definition) is 3. The molecule has 122 valence electrons. The van der Waals surface area contributed by atoms with E-state index in [4.69, 9.17) is 16.3 Å². The maximum absolute atomic E-state index is 11.9. The summed E-state index contributed by atoms with van der Waals surface area (Å²) in [6.07, 6.45) is 3.35. The first kappa shape index (κ1) is 18.5. The Morgan fingerprint density at radius 2 is 2.18 bits per heavy atom. The first-order valence-corrected chi connectivity index (χ1v) is 7.59. The van der Waals surface area contributed by atoms with Crippen LogP contribution in [0.25, 0.3) is 6.08 Å². The van der Waals surface area contributed by atoms with Gasteiger partial charge in [-0.1, -0.05) is 25.4 Å². The summed E-state index contributed by atoms with van der Waals surface area (Å²) in [5, 5.41) is 12.9. The van der Waals surface area contributed by atoms with Gasteiger partial charge in [-0.15, -0.1) is 0 Å². The van der Waals surface area contributed by atoms with Crippen LogP contribution in [0.4, 0.5) is 0 Å². The monoisotopic (exact) mass is 325 g/mol. The molecule has 1 aromatic rings. The zero-order valence-electron chi connectivity index (χ0n) is 13.5. The van der Waals surface area contributed by atoms with Crippen LogP contribution in [0.15, 0.2) is 24.3 Å². The average molecular weight is 326 g/mol. The van der Waals surface area contributed by atoms with Crippen LogP contribution in [0.2, 0.25) is 5.02 Å². The first-order chi connectivity index (χ1) is 10.2. The van der Waals surface area contributed by atoms with Crippen molar-refractivity contribution in [3.63, 3.8) is 0 Å². The molecule has 0 aliphatic heterocycles. The van der Waals surface area contributed by atoms with Gasteiger partial charge in [0.1, 0.15) is 5.75 Å². The largest absolute Gasteiger partial charge is 0.496 e. The molecule has 1 amide bonds. The van der Waals surface area contributed by atoms with Crippen molar-refractivity contribution in [2.45, 2.75) is 33.3 Å². The lowest BCUT2D eigenvalue weighted by Crippen LogP contribution is -2.34. The molecule has 0 aliphatic rings. The van der Waals surface area contributed by atoms with Crippen molar-refractivity contribution in [1.82, 2.24) is 5.32 Å². The highest BCUT2D eigenvalue weighted by Gasteiger charge is 2.20. The lowest BCUT2D eigenvalue weighted by atomic mass is 9.87. The van der Waals surface area contributed by atoms with E-state index < -0.39 is 6.10 Å². The number of aliphatic hydroxyl groups is 1. The minimum absolute atomic E-state index is 0.161. The van der Waals surface area contributed by atoms with Crippen molar-refractivity contribution in [2.24, 2.45) is 5.41 Å².